The first-order valence-electron chi connectivity index (χ1n) is 11.8. The summed E-state index contributed by atoms with van der Waals surface area (Å²) in [5, 5.41) is 19.5. The van der Waals surface area contributed by atoms with Gasteiger partial charge in [0.1, 0.15) is 5.78 Å². The van der Waals surface area contributed by atoms with Crippen molar-refractivity contribution in [2.75, 3.05) is 19.6 Å². The normalized spacial score (nSPS) is 16.8. The van der Waals surface area contributed by atoms with Crippen molar-refractivity contribution >= 4 is 5.78 Å². The summed E-state index contributed by atoms with van der Waals surface area (Å²) >= 11 is 0. The highest BCUT2D eigenvalue weighted by molar-refractivity contribution is 5.80. The molecule has 0 amide bonds. The number of hydrogen-bond acceptors (Lipinski definition) is 4. The number of hydrogen-bond donors (Lipinski definition) is 2. The molecule has 1 aromatic rings. The van der Waals surface area contributed by atoms with E-state index in [1.807, 2.05) is 6.07 Å². The highest BCUT2D eigenvalue weighted by Crippen LogP contribution is 2.29. The molecule has 1 saturated heterocycles. The van der Waals surface area contributed by atoms with E-state index in [1.165, 1.54) is 38.5 Å². The molecule has 4 nitrogen and oxygen atoms in total. The quantitative estimate of drug-likeness (QED) is 0.309. The molecule has 29 heavy (non-hydrogen) atoms. The number of carbonyl (C=O) groups excluding carboxylic acids is 1. The van der Waals surface area contributed by atoms with Crippen LogP contribution in [-0.4, -0.2) is 40.5 Å². The maximum Gasteiger partial charge on any atom is 0.157 e. The van der Waals surface area contributed by atoms with Crippen molar-refractivity contribution in [1.82, 2.24) is 4.90 Å². The van der Waals surface area contributed by atoms with Gasteiger partial charge in [0.25, 0.3) is 0 Å². The lowest BCUT2D eigenvalue weighted by molar-refractivity contribution is -0.123. The number of aromatic hydroxyl groups is 2. The molecule has 1 heterocycles. The van der Waals surface area contributed by atoms with Gasteiger partial charge in [0.05, 0.1) is 0 Å². The number of Topliss-reactive ketones (excluding diaryl/α,β-unsaturated/α-hetero) is 1. The Morgan fingerprint density at radius 3 is 2.41 bits per heavy atom. The van der Waals surface area contributed by atoms with Gasteiger partial charge in [-0.05, 0) is 75.2 Å². The van der Waals surface area contributed by atoms with Gasteiger partial charge in [-0.1, -0.05) is 45.6 Å². The fraction of sp³-hybridized carbons (Fsp3) is 0.720. The largest absolute Gasteiger partial charge is 0.504 e. The molecule has 2 N–H and O–H groups in total. The van der Waals surface area contributed by atoms with Crippen LogP contribution in [0.3, 0.4) is 0 Å². The Morgan fingerprint density at radius 2 is 1.76 bits per heavy atom. The highest BCUT2D eigenvalue weighted by atomic mass is 16.3. The molecular formula is C25H41NO3. The van der Waals surface area contributed by atoms with Crippen LogP contribution in [0.5, 0.6) is 11.5 Å². The van der Waals surface area contributed by atoms with E-state index < -0.39 is 0 Å². The van der Waals surface area contributed by atoms with Gasteiger partial charge in [-0.2, -0.15) is 0 Å². The van der Waals surface area contributed by atoms with Crippen molar-refractivity contribution in [3.8, 4) is 11.5 Å². The van der Waals surface area contributed by atoms with Crippen LogP contribution < -0.4 is 0 Å². The van der Waals surface area contributed by atoms with E-state index in [9.17, 15) is 15.0 Å². The number of benzene rings is 1. The molecule has 2 atom stereocenters. The fourth-order valence-electron chi connectivity index (χ4n) is 4.62. The molecule has 2 rings (SSSR count). The minimum absolute atomic E-state index is 0.0578. The molecule has 0 spiro atoms. The second-order valence-corrected chi connectivity index (χ2v) is 8.87. The van der Waals surface area contributed by atoms with Gasteiger partial charge in [-0.15, -0.1) is 0 Å². The fourth-order valence-corrected chi connectivity index (χ4v) is 4.62. The van der Waals surface area contributed by atoms with Crippen LogP contribution in [0, 0.1) is 11.8 Å². The van der Waals surface area contributed by atoms with Gasteiger partial charge in [0.2, 0.25) is 0 Å². The zero-order valence-electron chi connectivity index (χ0n) is 18.5. The third kappa shape index (κ3) is 8.38. The first-order chi connectivity index (χ1) is 14.0. The number of phenolic OH excluding ortho intramolecular Hbond substituents is 2. The maximum absolute atomic E-state index is 12.8. The van der Waals surface area contributed by atoms with Crippen molar-refractivity contribution < 1.29 is 15.0 Å². The molecule has 1 aliphatic rings. The van der Waals surface area contributed by atoms with E-state index in [0.717, 1.165) is 57.3 Å². The summed E-state index contributed by atoms with van der Waals surface area (Å²) in [5.74, 6) is 0.835. The van der Waals surface area contributed by atoms with Gasteiger partial charge < -0.3 is 15.1 Å². The summed E-state index contributed by atoms with van der Waals surface area (Å²) in [5.41, 5.74) is 1.03. The minimum Gasteiger partial charge on any atom is -0.504 e. The molecule has 0 aromatic heterocycles. The van der Waals surface area contributed by atoms with E-state index in [-0.39, 0.29) is 17.4 Å². The van der Waals surface area contributed by atoms with Crippen LogP contribution in [0.1, 0.15) is 83.6 Å². The third-order valence-electron chi connectivity index (χ3n) is 6.37. The Kier molecular flexibility index (Phi) is 10.5. The molecule has 0 bridgehead atoms. The monoisotopic (exact) mass is 403 g/mol. The third-order valence-corrected chi connectivity index (χ3v) is 6.37. The van der Waals surface area contributed by atoms with Gasteiger partial charge >= 0.3 is 0 Å². The maximum atomic E-state index is 12.8. The SMILES string of the molecule is CCCCCCCC(=O)C(CC)CC(Cc1ccc(O)c(O)c1)CN1CCCC1. The van der Waals surface area contributed by atoms with Gasteiger partial charge in [0, 0.05) is 18.9 Å². The average Bonchev–Trinajstić information content (AvgIpc) is 3.21. The Morgan fingerprint density at radius 1 is 1.03 bits per heavy atom. The van der Waals surface area contributed by atoms with E-state index in [0.29, 0.717) is 11.7 Å². The van der Waals surface area contributed by atoms with E-state index >= 15 is 0 Å². The van der Waals surface area contributed by atoms with Crippen LogP contribution in [0.2, 0.25) is 0 Å². The predicted molar refractivity (Wildman–Crippen MR) is 119 cm³/mol. The lowest BCUT2D eigenvalue weighted by atomic mass is 9.84. The molecule has 164 valence electrons. The number of ketones is 1. The van der Waals surface area contributed by atoms with Crippen LogP contribution in [0.4, 0.5) is 0 Å². The van der Waals surface area contributed by atoms with Crippen LogP contribution in [0.15, 0.2) is 18.2 Å². The van der Waals surface area contributed by atoms with Crippen LogP contribution >= 0.6 is 0 Å². The number of unbranched alkanes of at least 4 members (excludes halogenated alkanes) is 4. The highest BCUT2D eigenvalue weighted by Gasteiger charge is 2.24. The Bertz CT molecular complexity index is 610. The van der Waals surface area contributed by atoms with E-state index in [1.54, 1.807) is 12.1 Å². The van der Waals surface area contributed by atoms with Gasteiger partial charge in [-0.3, -0.25) is 4.79 Å². The van der Waals surface area contributed by atoms with E-state index in [2.05, 4.69) is 18.7 Å². The summed E-state index contributed by atoms with van der Waals surface area (Å²) < 4.78 is 0. The van der Waals surface area contributed by atoms with Crippen LogP contribution in [-0.2, 0) is 11.2 Å². The van der Waals surface area contributed by atoms with E-state index in [4.69, 9.17) is 0 Å². The summed E-state index contributed by atoms with van der Waals surface area (Å²) in [7, 11) is 0. The number of rotatable bonds is 14. The zero-order chi connectivity index (χ0) is 21.1. The molecular weight excluding hydrogens is 362 g/mol. The second-order valence-electron chi connectivity index (χ2n) is 8.87. The average molecular weight is 404 g/mol. The summed E-state index contributed by atoms with van der Waals surface area (Å²) in [6.45, 7) is 7.67. The lowest BCUT2D eigenvalue weighted by Gasteiger charge is -2.27. The van der Waals surface area contributed by atoms with Crippen LogP contribution in [0.25, 0.3) is 0 Å². The van der Waals surface area contributed by atoms with Crippen molar-refractivity contribution in [3.05, 3.63) is 23.8 Å². The minimum atomic E-state index is -0.0745. The summed E-state index contributed by atoms with van der Waals surface area (Å²) in [4.78, 5) is 15.4. The standard InChI is InChI=1S/C25H41NO3/c1-3-5-6-7-8-11-23(27)22(4-2)17-21(19-26-14-9-10-15-26)16-20-12-13-24(28)25(29)18-20/h12-13,18,21-22,28-29H,3-11,14-17,19H2,1-2H3. The molecule has 2 unspecified atom stereocenters. The van der Waals surface area contributed by atoms with Crippen molar-refractivity contribution in [2.45, 2.75) is 84.5 Å². The number of carbonyl (C=O) groups is 1. The van der Waals surface area contributed by atoms with Crippen molar-refractivity contribution in [2.24, 2.45) is 11.8 Å². The van der Waals surface area contributed by atoms with Gasteiger partial charge in [-0.25, -0.2) is 0 Å². The number of likely N-dealkylation sites (tertiary alicyclic amines) is 1. The lowest BCUT2D eigenvalue weighted by Crippen LogP contribution is -2.30. The summed E-state index contributed by atoms with van der Waals surface area (Å²) in [6.07, 6.45) is 11.8. The molecule has 1 fully saturated rings. The molecule has 0 saturated carbocycles. The first kappa shape index (κ1) is 23.7. The molecule has 0 aliphatic carbocycles. The Balaban J connectivity index is 1.96. The molecule has 4 heteroatoms. The number of phenols is 2. The summed E-state index contributed by atoms with van der Waals surface area (Å²) in [6, 6.07) is 5.13. The van der Waals surface area contributed by atoms with Crippen molar-refractivity contribution in [1.29, 1.82) is 0 Å². The molecule has 1 aliphatic heterocycles. The second kappa shape index (κ2) is 12.9. The molecule has 0 radical (unpaired) electrons. The van der Waals surface area contributed by atoms with Gasteiger partial charge in [0.15, 0.2) is 11.5 Å². The smallest absolute Gasteiger partial charge is 0.157 e. The zero-order valence-corrected chi connectivity index (χ0v) is 18.5. The predicted octanol–water partition coefficient (Wildman–Crippen LogP) is 5.70. The Labute approximate surface area is 177 Å². The Hall–Kier alpha value is -1.55. The van der Waals surface area contributed by atoms with Crippen molar-refractivity contribution in [3.63, 3.8) is 0 Å². The number of nitrogens with zero attached hydrogens (tertiary/aromatic N) is 1. The molecule has 1 aromatic carbocycles. The first-order valence-corrected chi connectivity index (χ1v) is 11.8. The topological polar surface area (TPSA) is 60.8 Å².